The van der Waals surface area contributed by atoms with E-state index in [4.69, 9.17) is 0 Å². The van der Waals surface area contributed by atoms with E-state index >= 15 is 0 Å². The van der Waals surface area contributed by atoms with E-state index in [1.165, 1.54) is 22.8 Å². The quantitative estimate of drug-likeness (QED) is 0.618. The number of benzene rings is 1. The molecule has 0 atom stereocenters. The van der Waals surface area contributed by atoms with Gasteiger partial charge < -0.3 is 10.0 Å². The number of hydrogen-bond donors (Lipinski definition) is 0. The molecule has 2 rings (SSSR count). The Morgan fingerprint density at radius 1 is 1.29 bits per heavy atom. The van der Waals surface area contributed by atoms with Gasteiger partial charge in [0.25, 0.3) is 0 Å². The molecule has 0 aliphatic carbocycles. The van der Waals surface area contributed by atoms with Crippen LogP contribution in [0, 0.1) is 24.7 Å². The maximum Gasteiger partial charge on any atom is 2.00 e. The third-order valence-electron chi connectivity index (χ3n) is 2.15. The third-order valence-corrected chi connectivity index (χ3v) is 2.15. The molecule has 17 heavy (non-hydrogen) atoms. The van der Waals surface area contributed by atoms with Crippen molar-refractivity contribution in [2.75, 3.05) is 12.1 Å². The van der Waals surface area contributed by atoms with Gasteiger partial charge in [-0.1, -0.05) is 17.4 Å². The van der Waals surface area contributed by atoms with Gasteiger partial charge in [-0.05, 0) is 18.8 Å². The van der Waals surface area contributed by atoms with Crippen LogP contribution in [0.5, 0.6) is 0 Å². The topological polar surface area (TPSA) is 31.2 Å². The summed E-state index contributed by atoms with van der Waals surface area (Å²) in [5, 5.41) is 10.1. The van der Waals surface area contributed by atoms with Gasteiger partial charge in [0.2, 0.25) is 0 Å². The molecule has 1 heterocycles. The predicted molar refractivity (Wildman–Crippen MR) is 54.8 cm³/mol. The molecule has 0 unspecified atom stereocenters. The number of rotatable bonds is 2. The van der Waals surface area contributed by atoms with Gasteiger partial charge in [0.05, 0.1) is 11.6 Å². The Hall–Kier alpha value is -1.23. The van der Waals surface area contributed by atoms with E-state index in [0.29, 0.717) is 5.56 Å². The number of anilines is 1. The number of nitrogens with zero attached hydrogens (tertiary/aromatic N) is 4. The second-order valence-corrected chi connectivity index (χ2v) is 3.33. The van der Waals surface area contributed by atoms with Crippen molar-refractivity contribution in [1.82, 2.24) is 5.01 Å². The summed E-state index contributed by atoms with van der Waals surface area (Å²) in [6.45, 7) is 3.21. The van der Waals surface area contributed by atoms with Crippen LogP contribution >= 0.6 is 0 Å². The van der Waals surface area contributed by atoms with Crippen LogP contribution in [-0.2, 0) is 19.5 Å². The first-order valence-electron chi connectivity index (χ1n) is 4.69. The predicted octanol–water partition coefficient (Wildman–Crippen LogP) is 2.69. The molecule has 0 amide bonds. The summed E-state index contributed by atoms with van der Waals surface area (Å²) in [5.41, 5.74) is 0.625. The van der Waals surface area contributed by atoms with E-state index in [2.05, 4.69) is 10.4 Å². The molecule has 0 N–H and O–H groups in total. The summed E-state index contributed by atoms with van der Waals surface area (Å²) in [7, 11) is 1.67. The largest absolute Gasteiger partial charge is 2.00 e. The van der Waals surface area contributed by atoms with Crippen LogP contribution in [0.15, 0.2) is 22.6 Å². The van der Waals surface area contributed by atoms with E-state index in [0.717, 1.165) is 6.07 Å². The van der Waals surface area contributed by atoms with E-state index in [9.17, 15) is 8.78 Å². The number of hydrogen-bond acceptors (Lipinski definition) is 4. The van der Waals surface area contributed by atoms with Crippen molar-refractivity contribution in [3.05, 3.63) is 42.4 Å². The van der Waals surface area contributed by atoms with Crippen LogP contribution in [0.25, 0.3) is 0 Å². The van der Waals surface area contributed by atoms with Crippen molar-refractivity contribution in [2.45, 2.75) is 6.92 Å². The summed E-state index contributed by atoms with van der Waals surface area (Å²) in [6, 6.07) is 2.07. The van der Waals surface area contributed by atoms with Gasteiger partial charge in [-0.3, -0.25) is 0 Å². The van der Waals surface area contributed by atoms with Gasteiger partial charge in [0.15, 0.2) is 0 Å². The molecule has 1 radical (unpaired) electrons. The van der Waals surface area contributed by atoms with E-state index in [1.54, 1.807) is 20.4 Å². The Bertz CT molecular complexity index is 439. The molecule has 0 saturated heterocycles. The molecule has 1 aromatic rings. The fourth-order valence-electron chi connectivity index (χ4n) is 1.46. The Kier molecular flexibility index (Phi) is 4.40. The minimum atomic E-state index is -0.668. The normalized spacial score (nSPS) is 13.9. The van der Waals surface area contributed by atoms with Gasteiger partial charge in [-0.2, -0.15) is 12.0 Å². The van der Waals surface area contributed by atoms with Crippen molar-refractivity contribution in [1.29, 1.82) is 0 Å². The minimum Gasteiger partial charge on any atom is -0.424 e. The van der Waals surface area contributed by atoms with Crippen molar-refractivity contribution < 1.29 is 28.3 Å². The Morgan fingerprint density at radius 2 is 2.00 bits per heavy atom. The molecule has 7 heteroatoms. The molecule has 0 aromatic heterocycles. The van der Waals surface area contributed by atoms with Gasteiger partial charge in [-0.15, -0.1) is 12.7 Å². The van der Waals surface area contributed by atoms with Gasteiger partial charge >= 0.3 is 19.5 Å². The molecule has 0 spiro atoms. The molecular weight excluding hydrogens is 317 g/mol. The van der Waals surface area contributed by atoms with Crippen molar-refractivity contribution in [2.24, 2.45) is 10.4 Å². The zero-order chi connectivity index (χ0) is 11.7. The monoisotopic (exact) mass is 327 g/mol. The standard InChI is InChI=1S/C10H10F2N4.Rh/c1-3-7-4-8(11)5-9(12)10(7)16-6-15(2)13-14-16;/h3-6H,1-2H3;/q-2;+2. The van der Waals surface area contributed by atoms with Gasteiger partial charge in [0.1, 0.15) is 0 Å². The van der Waals surface area contributed by atoms with Gasteiger partial charge in [-0.25, -0.2) is 8.78 Å². The molecule has 1 aliphatic heterocycles. The molecule has 93 valence electrons. The SMILES string of the molecule is C[CH-]c1cc(F)cc(F)c1N1[CH-]N(C)N=N1.[Rh+2]. The molecule has 4 nitrogen and oxygen atoms in total. The van der Waals surface area contributed by atoms with Crippen molar-refractivity contribution in [3.8, 4) is 0 Å². The smallest absolute Gasteiger partial charge is 0.424 e. The summed E-state index contributed by atoms with van der Waals surface area (Å²) in [4.78, 5) is 0. The summed E-state index contributed by atoms with van der Waals surface area (Å²) >= 11 is 0. The summed E-state index contributed by atoms with van der Waals surface area (Å²) in [6.07, 6.45) is 1.61. The second kappa shape index (κ2) is 5.40. The molecule has 0 saturated carbocycles. The molecule has 1 aliphatic rings. The summed E-state index contributed by atoms with van der Waals surface area (Å²) in [5.74, 6) is -1.28. The second-order valence-electron chi connectivity index (χ2n) is 3.33. The molecular formula is C10H10F2N4Rh. The van der Waals surface area contributed by atoms with Crippen molar-refractivity contribution >= 4 is 5.69 Å². The number of halogens is 2. The first-order valence-corrected chi connectivity index (χ1v) is 4.69. The first kappa shape index (κ1) is 13.8. The Morgan fingerprint density at radius 3 is 2.53 bits per heavy atom. The summed E-state index contributed by atoms with van der Waals surface area (Å²) < 4.78 is 26.6. The fourth-order valence-corrected chi connectivity index (χ4v) is 1.46. The van der Waals surface area contributed by atoms with Gasteiger partial charge in [0, 0.05) is 0 Å². The Balaban J connectivity index is 0.00000144. The average molecular weight is 327 g/mol. The minimum absolute atomic E-state index is 0. The van der Waals surface area contributed by atoms with Crippen molar-refractivity contribution in [3.63, 3.8) is 0 Å². The van der Waals surface area contributed by atoms with E-state index in [1.807, 2.05) is 0 Å². The van der Waals surface area contributed by atoms with Crippen LogP contribution in [0.2, 0.25) is 0 Å². The van der Waals surface area contributed by atoms with Crippen LogP contribution < -0.4 is 5.01 Å². The molecule has 0 bridgehead atoms. The van der Waals surface area contributed by atoms with Crippen LogP contribution in [0.4, 0.5) is 14.5 Å². The zero-order valence-corrected chi connectivity index (χ0v) is 10.8. The van der Waals surface area contributed by atoms with Crippen LogP contribution in [-0.4, -0.2) is 12.1 Å². The third kappa shape index (κ3) is 2.72. The van der Waals surface area contributed by atoms with E-state index < -0.39 is 11.6 Å². The van der Waals surface area contributed by atoms with E-state index in [-0.39, 0.29) is 25.2 Å². The first-order chi connectivity index (χ1) is 7.61. The Labute approximate surface area is 111 Å². The molecule has 0 fully saturated rings. The maximum absolute atomic E-state index is 13.6. The maximum atomic E-state index is 13.6. The average Bonchev–Trinajstić information content (AvgIpc) is 2.63. The zero-order valence-electron chi connectivity index (χ0n) is 9.19. The van der Waals surface area contributed by atoms with Crippen LogP contribution in [0.3, 0.4) is 0 Å². The molecule has 1 aromatic carbocycles. The fraction of sp³-hybridized carbons (Fsp3) is 0.200. The van der Waals surface area contributed by atoms with Crippen LogP contribution in [0.1, 0.15) is 12.5 Å².